The van der Waals surface area contributed by atoms with Gasteiger partial charge in [-0.05, 0) is 42.3 Å². The van der Waals surface area contributed by atoms with E-state index in [-0.39, 0.29) is 5.91 Å². The van der Waals surface area contributed by atoms with E-state index in [0.717, 1.165) is 29.2 Å². The first-order valence-electron chi connectivity index (χ1n) is 6.60. The number of carbonyl (C=O) groups excluding carboxylic acids is 1. The van der Waals surface area contributed by atoms with Gasteiger partial charge in [0.15, 0.2) is 0 Å². The van der Waals surface area contributed by atoms with Crippen molar-refractivity contribution < 1.29 is 4.79 Å². The van der Waals surface area contributed by atoms with Crippen LogP contribution in [0.1, 0.15) is 5.56 Å². The maximum absolute atomic E-state index is 12.3. The first-order valence-corrected chi connectivity index (χ1v) is 7.59. The van der Waals surface area contributed by atoms with Gasteiger partial charge in [-0.15, -0.1) is 11.8 Å². The predicted octanol–water partition coefficient (Wildman–Crippen LogP) is 2.95. The fourth-order valence-corrected chi connectivity index (χ4v) is 3.22. The molecule has 2 aromatic rings. The van der Waals surface area contributed by atoms with Gasteiger partial charge in [0, 0.05) is 22.8 Å². The van der Waals surface area contributed by atoms with Gasteiger partial charge >= 0.3 is 0 Å². The number of fused-ring (bicyclic) bond motifs is 1. The summed E-state index contributed by atoms with van der Waals surface area (Å²) in [5.74, 6) is 0.621. The SMILES string of the molecule is Nc1ccc2c(c1)CCN2C(=O)CSc1ccccc1. The molecule has 0 aromatic heterocycles. The summed E-state index contributed by atoms with van der Waals surface area (Å²) >= 11 is 1.58. The molecule has 0 saturated carbocycles. The van der Waals surface area contributed by atoms with Gasteiger partial charge in [0.1, 0.15) is 0 Å². The maximum Gasteiger partial charge on any atom is 0.237 e. The van der Waals surface area contributed by atoms with Gasteiger partial charge in [-0.2, -0.15) is 0 Å². The van der Waals surface area contributed by atoms with Gasteiger partial charge in [-0.1, -0.05) is 18.2 Å². The Hall–Kier alpha value is -1.94. The number of nitrogens with zero attached hydrogens (tertiary/aromatic N) is 1. The lowest BCUT2D eigenvalue weighted by Gasteiger charge is -2.17. The Morgan fingerprint density at radius 1 is 1.20 bits per heavy atom. The van der Waals surface area contributed by atoms with E-state index in [2.05, 4.69) is 0 Å². The third kappa shape index (κ3) is 2.65. The van der Waals surface area contributed by atoms with Crippen LogP contribution in [0.2, 0.25) is 0 Å². The standard InChI is InChI=1S/C16H16N2OS/c17-13-6-7-15-12(10-13)8-9-18(15)16(19)11-20-14-4-2-1-3-5-14/h1-7,10H,8-9,11,17H2. The quantitative estimate of drug-likeness (QED) is 0.696. The first kappa shape index (κ1) is 13.1. The summed E-state index contributed by atoms with van der Waals surface area (Å²) in [4.78, 5) is 15.3. The average Bonchev–Trinajstić information content (AvgIpc) is 2.89. The van der Waals surface area contributed by atoms with Crippen LogP contribution in [-0.4, -0.2) is 18.2 Å². The van der Waals surface area contributed by atoms with E-state index in [1.54, 1.807) is 11.8 Å². The Balaban J connectivity index is 1.68. The summed E-state index contributed by atoms with van der Waals surface area (Å²) < 4.78 is 0. The van der Waals surface area contributed by atoms with E-state index in [1.165, 1.54) is 5.56 Å². The van der Waals surface area contributed by atoms with Gasteiger partial charge in [0.25, 0.3) is 0 Å². The zero-order valence-electron chi connectivity index (χ0n) is 11.1. The van der Waals surface area contributed by atoms with Gasteiger partial charge in [-0.25, -0.2) is 0 Å². The molecule has 20 heavy (non-hydrogen) atoms. The number of hydrogen-bond acceptors (Lipinski definition) is 3. The van der Waals surface area contributed by atoms with Crippen molar-refractivity contribution in [3.8, 4) is 0 Å². The molecule has 0 atom stereocenters. The molecule has 1 aliphatic rings. The van der Waals surface area contributed by atoms with Crippen molar-refractivity contribution >= 4 is 29.0 Å². The number of amides is 1. The summed E-state index contributed by atoms with van der Waals surface area (Å²) in [5, 5.41) is 0. The largest absolute Gasteiger partial charge is 0.399 e. The van der Waals surface area contributed by atoms with Gasteiger partial charge in [0.05, 0.1) is 5.75 Å². The normalized spacial score (nSPS) is 13.3. The number of hydrogen-bond donors (Lipinski definition) is 1. The summed E-state index contributed by atoms with van der Waals surface area (Å²) in [5.41, 5.74) is 8.72. The fraction of sp³-hybridized carbons (Fsp3) is 0.188. The highest BCUT2D eigenvalue weighted by atomic mass is 32.2. The summed E-state index contributed by atoms with van der Waals surface area (Å²) in [6.07, 6.45) is 0.891. The van der Waals surface area contributed by atoms with E-state index >= 15 is 0 Å². The number of carbonyl (C=O) groups is 1. The minimum Gasteiger partial charge on any atom is -0.399 e. The maximum atomic E-state index is 12.3. The van der Waals surface area contributed by atoms with Crippen LogP contribution in [0.4, 0.5) is 11.4 Å². The highest BCUT2D eigenvalue weighted by molar-refractivity contribution is 8.00. The van der Waals surface area contributed by atoms with E-state index in [9.17, 15) is 4.79 Å². The van der Waals surface area contributed by atoms with Crippen molar-refractivity contribution in [2.24, 2.45) is 0 Å². The average molecular weight is 284 g/mol. The molecule has 3 nitrogen and oxygen atoms in total. The molecule has 3 rings (SSSR count). The van der Waals surface area contributed by atoms with Crippen LogP contribution >= 0.6 is 11.8 Å². The van der Waals surface area contributed by atoms with Gasteiger partial charge < -0.3 is 10.6 Å². The lowest BCUT2D eigenvalue weighted by molar-refractivity contribution is -0.116. The van der Waals surface area contributed by atoms with E-state index in [0.29, 0.717) is 5.75 Å². The molecule has 0 unspecified atom stereocenters. The van der Waals surface area contributed by atoms with E-state index < -0.39 is 0 Å². The minimum absolute atomic E-state index is 0.155. The number of nitrogens with two attached hydrogens (primary N) is 1. The van der Waals surface area contributed by atoms with Crippen molar-refractivity contribution in [3.05, 3.63) is 54.1 Å². The predicted molar refractivity (Wildman–Crippen MR) is 84.1 cm³/mol. The second kappa shape index (κ2) is 5.59. The zero-order chi connectivity index (χ0) is 13.9. The van der Waals surface area contributed by atoms with Crippen molar-refractivity contribution in [3.63, 3.8) is 0 Å². The van der Waals surface area contributed by atoms with Crippen LogP contribution in [0.5, 0.6) is 0 Å². The van der Waals surface area contributed by atoms with Crippen LogP contribution in [0.15, 0.2) is 53.4 Å². The minimum atomic E-state index is 0.155. The molecule has 1 aliphatic heterocycles. The zero-order valence-corrected chi connectivity index (χ0v) is 11.9. The number of rotatable bonds is 3. The van der Waals surface area contributed by atoms with Gasteiger partial charge in [-0.3, -0.25) is 4.79 Å². The molecule has 0 spiro atoms. The van der Waals surface area contributed by atoms with Crippen LogP contribution in [0.3, 0.4) is 0 Å². The number of anilines is 2. The highest BCUT2D eigenvalue weighted by Gasteiger charge is 2.24. The molecule has 0 saturated heterocycles. The van der Waals surface area contributed by atoms with Crippen molar-refractivity contribution in [1.82, 2.24) is 0 Å². The molecular weight excluding hydrogens is 268 g/mol. The smallest absolute Gasteiger partial charge is 0.237 e. The highest BCUT2D eigenvalue weighted by Crippen LogP contribution is 2.30. The second-order valence-corrected chi connectivity index (χ2v) is 5.83. The Bertz CT molecular complexity index is 628. The molecule has 0 radical (unpaired) electrons. The molecule has 0 fully saturated rings. The lowest BCUT2D eigenvalue weighted by atomic mass is 10.1. The third-order valence-electron chi connectivity index (χ3n) is 3.41. The lowest BCUT2D eigenvalue weighted by Crippen LogP contribution is -2.30. The van der Waals surface area contributed by atoms with Crippen LogP contribution < -0.4 is 10.6 Å². The Kier molecular flexibility index (Phi) is 3.65. The summed E-state index contributed by atoms with van der Waals surface area (Å²) in [7, 11) is 0. The molecule has 2 N–H and O–H groups in total. The fourth-order valence-electron chi connectivity index (χ4n) is 2.42. The Morgan fingerprint density at radius 2 is 2.00 bits per heavy atom. The van der Waals surface area contributed by atoms with Crippen molar-refractivity contribution in [1.29, 1.82) is 0 Å². The Labute approximate surface area is 122 Å². The number of nitrogen functional groups attached to an aromatic ring is 1. The molecule has 1 amide bonds. The van der Waals surface area contributed by atoms with Crippen LogP contribution in [0.25, 0.3) is 0 Å². The van der Waals surface area contributed by atoms with Gasteiger partial charge in [0.2, 0.25) is 5.91 Å². The van der Waals surface area contributed by atoms with E-state index in [1.807, 2.05) is 53.4 Å². The first-order chi connectivity index (χ1) is 9.74. The monoisotopic (exact) mass is 284 g/mol. The second-order valence-electron chi connectivity index (χ2n) is 4.79. The molecule has 0 aliphatic carbocycles. The third-order valence-corrected chi connectivity index (χ3v) is 4.40. The van der Waals surface area contributed by atoms with E-state index in [4.69, 9.17) is 5.73 Å². The van der Waals surface area contributed by atoms with Crippen molar-refractivity contribution in [2.75, 3.05) is 22.9 Å². The number of benzene rings is 2. The summed E-state index contributed by atoms with van der Waals surface area (Å²) in [6, 6.07) is 15.8. The summed E-state index contributed by atoms with van der Waals surface area (Å²) in [6.45, 7) is 0.757. The Morgan fingerprint density at radius 3 is 2.80 bits per heavy atom. The molecule has 2 aromatic carbocycles. The topological polar surface area (TPSA) is 46.3 Å². The molecular formula is C16H16N2OS. The van der Waals surface area contributed by atoms with Crippen molar-refractivity contribution in [2.45, 2.75) is 11.3 Å². The number of thioether (sulfide) groups is 1. The molecule has 4 heteroatoms. The molecule has 102 valence electrons. The molecule has 0 bridgehead atoms. The molecule has 1 heterocycles. The van der Waals surface area contributed by atoms with Crippen LogP contribution in [0, 0.1) is 0 Å². The van der Waals surface area contributed by atoms with Crippen LogP contribution in [-0.2, 0) is 11.2 Å².